The van der Waals surface area contributed by atoms with Crippen molar-refractivity contribution in [2.75, 3.05) is 32.8 Å². The summed E-state index contributed by atoms with van der Waals surface area (Å²) in [6.45, 7) is 12.5. The van der Waals surface area contributed by atoms with Gasteiger partial charge in [0.2, 0.25) is 5.91 Å². The lowest BCUT2D eigenvalue weighted by Gasteiger charge is -2.32. The molecule has 2 unspecified atom stereocenters. The maximum Gasteiger partial charge on any atom is 0.221 e. The molecule has 2 atom stereocenters. The van der Waals surface area contributed by atoms with Crippen LogP contribution in [0, 0.1) is 5.41 Å². The Bertz CT molecular complexity index is 289. The Hall–Kier alpha value is -0.650. The van der Waals surface area contributed by atoms with Gasteiger partial charge in [0.1, 0.15) is 0 Å². The molecule has 0 aromatic rings. The summed E-state index contributed by atoms with van der Waals surface area (Å²) in [4.78, 5) is 14.2. The summed E-state index contributed by atoms with van der Waals surface area (Å²) in [5.41, 5.74) is 5.96. The lowest BCUT2D eigenvalue weighted by atomic mass is 9.85. The van der Waals surface area contributed by atoms with Gasteiger partial charge < -0.3 is 15.8 Å². The molecule has 1 rings (SSSR count). The second-order valence-electron chi connectivity index (χ2n) is 6.37. The molecule has 3 N–H and O–H groups in total. The maximum atomic E-state index is 11.8. The molecule has 0 aromatic heterocycles. The first kappa shape index (κ1) is 16.4. The van der Waals surface area contributed by atoms with Crippen molar-refractivity contribution in [1.29, 1.82) is 0 Å². The minimum atomic E-state index is -0.119. The summed E-state index contributed by atoms with van der Waals surface area (Å²) < 4.78 is 5.65. The van der Waals surface area contributed by atoms with Crippen LogP contribution in [0.2, 0.25) is 0 Å². The number of likely N-dealkylation sites (N-methyl/N-ethyl adjacent to an activating group) is 1. The number of carbonyl (C=O) groups is 1. The zero-order chi connectivity index (χ0) is 14.5. The molecule has 0 spiro atoms. The molecular weight excluding hydrogens is 242 g/mol. The highest BCUT2D eigenvalue weighted by atomic mass is 16.5. The number of amides is 1. The zero-order valence-electron chi connectivity index (χ0n) is 12.7. The molecule has 1 fully saturated rings. The Morgan fingerprint density at radius 3 is 2.79 bits per heavy atom. The molecule has 1 aliphatic rings. The Morgan fingerprint density at radius 1 is 1.53 bits per heavy atom. The first-order chi connectivity index (χ1) is 8.82. The number of hydrogen-bond acceptors (Lipinski definition) is 4. The first-order valence-electron chi connectivity index (χ1n) is 7.19. The van der Waals surface area contributed by atoms with E-state index in [-0.39, 0.29) is 23.5 Å². The van der Waals surface area contributed by atoms with Gasteiger partial charge in [0.15, 0.2) is 0 Å². The van der Waals surface area contributed by atoms with E-state index in [4.69, 9.17) is 10.5 Å². The van der Waals surface area contributed by atoms with Gasteiger partial charge in [-0.15, -0.1) is 0 Å². The Labute approximate surface area is 116 Å². The van der Waals surface area contributed by atoms with Crippen LogP contribution in [0.3, 0.4) is 0 Å². The zero-order valence-corrected chi connectivity index (χ0v) is 12.7. The van der Waals surface area contributed by atoms with Gasteiger partial charge in [-0.05, 0) is 12.0 Å². The number of nitrogens with one attached hydrogen (secondary N) is 1. The minimum Gasteiger partial charge on any atom is -0.374 e. The van der Waals surface area contributed by atoms with E-state index in [0.29, 0.717) is 13.0 Å². The second-order valence-corrected chi connectivity index (χ2v) is 6.37. The molecular formula is C14H29N3O2. The average Bonchev–Trinajstić information content (AvgIpc) is 2.35. The fourth-order valence-corrected chi connectivity index (χ4v) is 2.00. The normalized spacial score (nSPS) is 23.1. The topological polar surface area (TPSA) is 67.6 Å². The predicted molar refractivity (Wildman–Crippen MR) is 76.9 cm³/mol. The van der Waals surface area contributed by atoms with Crippen molar-refractivity contribution in [2.45, 2.75) is 46.3 Å². The summed E-state index contributed by atoms with van der Waals surface area (Å²) in [5, 5.41) is 2.93. The molecule has 0 radical (unpaired) electrons. The van der Waals surface area contributed by atoms with E-state index < -0.39 is 0 Å². The highest BCUT2D eigenvalue weighted by Crippen LogP contribution is 2.19. The van der Waals surface area contributed by atoms with Crippen molar-refractivity contribution in [3.63, 3.8) is 0 Å². The number of rotatable bonds is 5. The Morgan fingerprint density at radius 2 is 2.21 bits per heavy atom. The maximum absolute atomic E-state index is 11.8. The quantitative estimate of drug-likeness (QED) is 0.768. The van der Waals surface area contributed by atoms with Crippen LogP contribution in [0.4, 0.5) is 0 Å². The van der Waals surface area contributed by atoms with Crippen molar-refractivity contribution in [3.05, 3.63) is 0 Å². The predicted octanol–water partition coefficient (Wildman–Crippen LogP) is 0.587. The number of nitrogens with zero attached hydrogens (tertiary/aromatic N) is 1. The number of carbonyl (C=O) groups excluding carboxylic acids is 1. The molecule has 5 nitrogen and oxygen atoms in total. The van der Waals surface area contributed by atoms with Crippen LogP contribution in [-0.4, -0.2) is 55.7 Å². The van der Waals surface area contributed by atoms with Crippen LogP contribution in [0.1, 0.15) is 34.1 Å². The fourth-order valence-electron chi connectivity index (χ4n) is 2.00. The molecule has 112 valence electrons. The van der Waals surface area contributed by atoms with Gasteiger partial charge in [-0.2, -0.15) is 0 Å². The van der Waals surface area contributed by atoms with Gasteiger partial charge in [-0.3, -0.25) is 9.69 Å². The second kappa shape index (κ2) is 7.22. The largest absolute Gasteiger partial charge is 0.374 e. The summed E-state index contributed by atoms with van der Waals surface area (Å²) in [5.74, 6) is 0.0136. The number of ether oxygens (including phenoxy) is 1. The Kier molecular flexibility index (Phi) is 6.23. The molecule has 0 bridgehead atoms. The smallest absolute Gasteiger partial charge is 0.221 e. The van der Waals surface area contributed by atoms with E-state index in [1.165, 1.54) is 0 Å². The molecule has 1 amide bonds. The first-order valence-corrected chi connectivity index (χ1v) is 7.19. The third-order valence-electron chi connectivity index (χ3n) is 3.71. The van der Waals surface area contributed by atoms with Gasteiger partial charge in [0.05, 0.1) is 12.7 Å². The highest BCUT2D eigenvalue weighted by Gasteiger charge is 2.24. The van der Waals surface area contributed by atoms with E-state index in [1.54, 1.807) is 0 Å². The summed E-state index contributed by atoms with van der Waals surface area (Å²) in [6, 6.07) is -0.119. The third-order valence-corrected chi connectivity index (χ3v) is 3.71. The van der Waals surface area contributed by atoms with Crippen LogP contribution >= 0.6 is 0 Å². The lowest BCUT2D eigenvalue weighted by molar-refractivity contribution is -0.123. The van der Waals surface area contributed by atoms with E-state index in [1.807, 2.05) is 20.8 Å². The summed E-state index contributed by atoms with van der Waals surface area (Å²) in [6.07, 6.45) is 0.469. The monoisotopic (exact) mass is 271 g/mol. The van der Waals surface area contributed by atoms with Crippen molar-refractivity contribution in [2.24, 2.45) is 11.1 Å². The molecule has 0 saturated carbocycles. The van der Waals surface area contributed by atoms with Crippen LogP contribution in [-0.2, 0) is 9.53 Å². The van der Waals surface area contributed by atoms with E-state index in [0.717, 1.165) is 26.2 Å². The van der Waals surface area contributed by atoms with E-state index in [9.17, 15) is 4.79 Å². The van der Waals surface area contributed by atoms with Crippen LogP contribution < -0.4 is 11.1 Å². The summed E-state index contributed by atoms with van der Waals surface area (Å²) in [7, 11) is 0. The number of nitrogens with two attached hydrogens (primary N) is 1. The van der Waals surface area contributed by atoms with Crippen LogP contribution in [0.25, 0.3) is 0 Å². The van der Waals surface area contributed by atoms with Gasteiger partial charge >= 0.3 is 0 Å². The number of hydrogen-bond donors (Lipinski definition) is 2. The molecule has 5 heteroatoms. The van der Waals surface area contributed by atoms with Gasteiger partial charge in [0.25, 0.3) is 0 Å². The summed E-state index contributed by atoms with van der Waals surface area (Å²) >= 11 is 0. The van der Waals surface area contributed by atoms with Gasteiger partial charge in [-0.25, -0.2) is 0 Å². The lowest BCUT2D eigenvalue weighted by Crippen LogP contribution is -2.48. The SMILES string of the molecule is CCN1CCOC(CNC(=O)CC(N)C(C)(C)C)C1. The van der Waals surface area contributed by atoms with E-state index in [2.05, 4.69) is 17.1 Å². The Balaban J connectivity index is 2.26. The molecule has 0 aliphatic carbocycles. The van der Waals surface area contributed by atoms with Crippen molar-refractivity contribution < 1.29 is 9.53 Å². The molecule has 1 heterocycles. The van der Waals surface area contributed by atoms with Crippen molar-refractivity contribution >= 4 is 5.91 Å². The van der Waals surface area contributed by atoms with Crippen LogP contribution in [0.15, 0.2) is 0 Å². The standard InChI is InChI=1S/C14H29N3O2/c1-5-17-6-7-19-11(10-17)9-16-13(18)8-12(15)14(2,3)4/h11-12H,5-10,15H2,1-4H3,(H,16,18). The average molecular weight is 271 g/mol. The van der Waals surface area contributed by atoms with Crippen LogP contribution in [0.5, 0.6) is 0 Å². The molecule has 1 saturated heterocycles. The molecule has 19 heavy (non-hydrogen) atoms. The van der Waals surface area contributed by atoms with Gasteiger partial charge in [-0.1, -0.05) is 27.7 Å². The molecule has 1 aliphatic heterocycles. The van der Waals surface area contributed by atoms with E-state index >= 15 is 0 Å². The minimum absolute atomic E-state index is 0.0136. The molecule has 0 aromatic carbocycles. The van der Waals surface area contributed by atoms with Gasteiger partial charge in [0, 0.05) is 32.1 Å². The third kappa shape index (κ3) is 5.89. The number of morpholine rings is 1. The van der Waals surface area contributed by atoms with Crippen molar-refractivity contribution in [3.8, 4) is 0 Å². The highest BCUT2D eigenvalue weighted by molar-refractivity contribution is 5.76. The fraction of sp³-hybridized carbons (Fsp3) is 0.929. The van der Waals surface area contributed by atoms with Crippen molar-refractivity contribution in [1.82, 2.24) is 10.2 Å².